The van der Waals surface area contributed by atoms with E-state index in [2.05, 4.69) is 0 Å². The predicted octanol–water partition coefficient (Wildman–Crippen LogP) is 2.36. The number of carboxylic acid groups (broad SMARTS) is 1. The summed E-state index contributed by atoms with van der Waals surface area (Å²) in [5.74, 6) is -2.60. The minimum absolute atomic E-state index is 0.0264. The van der Waals surface area contributed by atoms with Crippen LogP contribution in [0.5, 0.6) is 0 Å². The Morgan fingerprint density at radius 2 is 2.14 bits per heavy atom. The molecule has 1 amide bonds. The second kappa shape index (κ2) is 6.07. The van der Waals surface area contributed by atoms with Crippen molar-refractivity contribution in [1.29, 1.82) is 0 Å². The summed E-state index contributed by atoms with van der Waals surface area (Å²) in [6, 6.07) is 2.18. The van der Waals surface area contributed by atoms with Gasteiger partial charge in [-0.2, -0.15) is 0 Å². The topological polar surface area (TPSA) is 66.8 Å². The maximum Gasteiger partial charge on any atom is 0.408 e. The van der Waals surface area contributed by atoms with Gasteiger partial charge in [0.05, 0.1) is 6.61 Å². The molecule has 1 fully saturated rings. The van der Waals surface area contributed by atoms with Crippen molar-refractivity contribution in [1.82, 2.24) is 4.90 Å². The number of benzene rings is 1. The van der Waals surface area contributed by atoms with Gasteiger partial charge in [0.15, 0.2) is 0 Å². The third-order valence-electron chi connectivity index (χ3n) is 3.51. The minimum atomic E-state index is -1.27. The Kier molecular flexibility index (Phi) is 4.40. The van der Waals surface area contributed by atoms with E-state index in [1.807, 2.05) is 0 Å². The molecule has 21 heavy (non-hydrogen) atoms. The number of esters is 1. The molecular formula is C14H15F2NO4. The molecule has 5 nitrogen and oxygen atoms in total. The number of rotatable bonds is 3. The lowest BCUT2D eigenvalue weighted by atomic mass is 9.96. The molecule has 0 spiro atoms. The highest BCUT2D eigenvalue weighted by atomic mass is 19.1. The van der Waals surface area contributed by atoms with Crippen LogP contribution in [-0.4, -0.2) is 41.3 Å². The van der Waals surface area contributed by atoms with E-state index in [4.69, 9.17) is 9.84 Å². The molecule has 2 rings (SSSR count). The molecule has 0 bridgehead atoms. The molecule has 1 N–H and O–H groups in total. The van der Waals surface area contributed by atoms with Crippen molar-refractivity contribution in [3.8, 4) is 0 Å². The average Bonchev–Trinajstić information content (AvgIpc) is 2.84. The molecule has 0 radical (unpaired) electrons. The van der Waals surface area contributed by atoms with E-state index < -0.39 is 35.7 Å². The summed E-state index contributed by atoms with van der Waals surface area (Å²) in [6.45, 7) is 1.73. The molecule has 2 unspecified atom stereocenters. The number of carbonyl (C=O) groups excluding carboxylic acids is 1. The fraction of sp³-hybridized carbons (Fsp3) is 0.429. The maximum atomic E-state index is 13.8. The second-order valence-electron chi connectivity index (χ2n) is 4.80. The van der Waals surface area contributed by atoms with Crippen LogP contribution in [0, 0.1) is 11.6 Å². The molecule has 114 valence electrons. The smallest absolute Gasteiger partial charge is 0.408 e. The number of amides is 1. The first-order chi connectivity index (χ1) is 9.93. The number of carbonyl (C=O) groups is 2. The SMILES string of the molecule is CCOC(=O)C1CC(c2ccc(F)cc2F)CN1C(=O)O. The van der Waals surface area contributed by atoms with E-state index in [0.717, 1.165) is 17.0 Å². The summed E-state index contributed by atoms with van der Waals surface area (Å²) >= 11 is 0. The normalized spacial score (nSPS) is 21.4. The summed E-state index contributed by atoms with van der Waals surface area (Å²) in [5.41, 5.74) is 0.203. The first-order valence-corrected chi connectivity index (χ1v) is 6.55. The largest absolute Gasteiger partial charge is 0.465 e. The Bertz CT molecular complexity index is 564. The van der Waals surface area contributed by atoms with Crippen LogP contribution in [0.2, 0.25) is 0 Å². The van der Waals surface area contributed by atoms with Gasteiger partial charge in [0.1, 0.15) is 17.7 Å². The van der Waals surface area contributed by atoms with Gasteiger partial charge in [-0.3, -0.25) is 4.90 Å². The lowest BCUT2D eigenvalue weighted by molar-refractivity contribution is -0.147. The van der Waals surface area contributed by atoms with Gasteiger partial charge >= 0.3 is 12.1 Å². The molecule has 1 aromatic rings. The van der Waals surface area contributed by atoms with Crippen molar-refractivity contribution in [3.63, 3.8) is 0 Å². The third kappa shape index (κ3) is 3.12. The van der Waals surface area contributed by atoms with Crippen LogP contribution in [0.1, 0.15) is 24.8 Å². The Labute approximate surface area is 120 Å². The highest BCUT2D eigenvalue weighted by molar-refractivity contribution is 5.81. The van der Waals surface area contributed by atoms with E-state index in [9.17, 15) is 18.4 Å². The fourth-order valence-electron chi connectivity index (χ4n) is 2.57. The zero-order chi connectivity index (χ0) is 15.6. The van der Waals surface area contributed by atoms with Crippen molar-refractivity contribution < 1.29 is 28.2 Å². The van der Waals surface area contributed by atoms with Crippen molar-refractivity contribution >= 4 is 12.1 Å². The first kappa shape index (κ1) is 15.2. The van der Waals surface area contributed by atoms with Gasteiger partial charge < -0.3 is 9.84 Å². The summed E-state index contributed by atoms with van der Waals surface area (Å²) in [6.07, 6.45) is -1.15. The molecule has 1 heterocycles. The van der Waals surface area contributed by atoms with E-state index in [0.29, 0.717) is 0 Å². The molecule has 1 aliphatic rings. The molecule has 1 saturated heterocycles. The summed E-state index contributed by atoms with van der Waals surface area (Å²) in [4.78, 5) is 23.9. The molecule has 1 aromatic carbocycles. The second-order valence-corrected chi connectivity index (χ2v) is 4.80. The van der Waals surface area contributed by atoms with Gasteiger partial charge in [0, 0.05) is 18.5 Å². The first-order valence-electron chi connectivity index (χ1n) is 6.55. The number of hydrogen-bond donors (Lipinski definition) is 1. The van der Waals surface area contributed by atoms with Gasteiger partial charge in [-0.1, -0.05) is 6.07 Å². The molecule has 1 aliphatic heterocycles. The van der Waals surface area contributed by atoms with E-state index in [-0.39, 0.29) is 25.1 Å². The highest BCUT2D eigenvalue weighted by Crippen LogP contribution is 2.34. The standard InChI is InChI=1S/C14H15F2NO4/c1-2-21-13(18)12-5-8(7-17(12)14(19)20)10-4-3-9(15)6-11(10)16/h3-4,6,8,12H,2,5,7H2,1H3,(H,19,20). The molecular weight excluding hydrogens is 284 g/mol. The van der Waals surface area contributed by atoms with Gasteiger partial charge in [-0.05, 0) is 25.0 Å². The van der Waals surface area contributed by atoms with Crippen molar-refractivity contribution in [3.05, 3.63) is 35.4 Å². The molecule has 0 aromatic heterocycles. The molecule has 2 atom stereocenters. The van der Waals surface area contributed by atoms with Crippen LogP contribution in [-0.2, 0) is 9.53 Å². The van der Waals surface area contributed by atoms with Gasteiger partial charge in [-0.15, -0.1) is 0 Å². The Hall–Kier alpha value is -2.18. The zero-order valence-corrected chi connectivity index (χ0v) is 11.4. The molecule has 0 saturated carbocycles. The van der Waals surface area contributed by atoms with Crippen LogP contribution in [0.15, 0.2) is 18.2 Å². The van der Waals surface area contributed by atoms with E-state index >= 15 is 0 Å². The van der Waals surface area contributed by atoms with Crippen LogP contribution < -0.4 is 0 Å². The number of nitrogens with zero attached hydrogens (tertiary/aromatic N) is 1. The van der Waals surface area contributed by atoms with Gasteiger partial charge in [-0.25, -0.2) is 18.4 Å². The Morgan fingerprint density at radius 3 is 2.71 bits per heavy atom. The maximum absolute atomic E-state index is 13.8. The van der Waals surface area contributed by atoms with Gasteiger partial charge in [0.2, 0.25) is 0 Å². The zero-order valence-electron chi connectivity index (χ0n) is 11.4. The Morgan fingerprint density at radius 1 is 1.43 bits per heavy atom. The number of ether oxygens (including phenoxy) is 1. The van der Waals surface area contributed by atoms with Gasteiger partial charge in [0.25, 0.3) is 0 Å². The van der Waals surface area contributed by atoms with E-state index in [1.165, 1.54) is 6.07 Å². The lowest BCUT2D eigenvalue weighted by Crippen LogP contribution is -2.40. The van der Waals surface area contributed by atoms with E-state index in [1.54, 1.807) is 6.92 Å². The quantitative estimate of drug-likeness (QED) is 0.870. The van der Waals surface area contributed by atoms with Crippen LogP contribution in [0.4, 0.5) is 13.6 Å². The predicted molar refractivity (Wildman–Crippen MR) is 68.9 cm³/mol. The fourth-order valence-corrected chi connectivity index (χ4v) is 2.57. The number of likely N-dealkylation sites (tertiary alicyclic amines) is 1. The molecule has 7 heteroatoms. The van der Waals surface area contributed by atoms with Crippen molar-refractivity contribution in [2.75, 3.05) is 13.2 Å². The monoisotopic (exact) mass is 299 g/mol. The van der Waals surface area contributed by atoms with Crippen molar-refractivity contribution in [2.45, 2.75) is 25.3 Å². The van der Waals surface area contributed by atoms with Crippen LogP contribution in [0.25, 0.3) is 0 Å². The minimum Gasteiger partial charge on any atom is -0.465 e. The average molecular weight is 299 g/mol. The third-order valence-corrected chi connectivity index (χ3v) is 3.51. The number of halogens is 2. The van der Waals surface area contributed by atoms with Crippen molar-refractivity contribution in [2.24, 2.45) is 0 Å². The molecule has 0 aliphatic carbocycles. The summed E-state index contributed by atoms with van der Waals surface area (Å²) in [5, 5.41) is 9.14. The van der Waals surface area contributed by atoms with Crippen LogP contribution in [0.3, 0.4) is 0 Å². The highest BCUT2D eigenvalue weighted by Gasteiger charge is 2.41. The Balaban J connectivity index is 2.24. The number of hydrogen-bond acceptors (Lipinski definition) is 3. The van der Waals surface area contributed by atoms with Crippen LogP contribution >= 0.6 is 0 Å². The summed E-state index contributed by atoms with van der Waals surface area (Å²) < 4.78 is 31.6. The summed E-state index contributed by atoms with van der Waals surface area (Å²) in [7, 11) is 0. The lowest BCUT2D eigenvalue weighted by Gasteiger charge is -2.19.